The summed E-state index contributed by atoms with van der Waals surface area (Å²) in [6, 6.07) is 16.8. The molecule has 0 heterocycles. The molecule has 3 rings (SSSR count). The predicted molar refractivity (Wildman–Crippen MR) is 128 cm³/mol. The summed E-state index contributed by atoms with van der Waals surface area (Å²) in [5.74, 6) is -2.16. The number of hydrogen-bond acceptors (Lipinski definition) is 4. The molecular weight excluding hydrogens is 476 g/mol. The number of sulfonamides is 1. The lowest BCUT2D eigenvalue weighted by Crippen LogP contribution is -2.50. The van der Waals surface area contributed by atoms with Gasteiger partial charge in [-0.15, -0.1) is 0 Å². The molecule has 184 valence electrons. The maximum atomic E-state index is 13.5. The molecule has 35 heavy (non-hydrogen) atoms. The van der Waals surface area contributed by atoms with E-state index in [1.54, 1.807) is 18.2 Å². The minimum absolute atomic E-state index is 0.0487. The van der Waals surface area contributed by atoms with Gasteiger partial charge >= 0.3 is 0 Å². The van der Waals surface area contributed by atoms with Crippen LogP contribution >= 0.6 is 0 Å². The van der Waals surface area contributed by atoms with Gasteiger partial charge in [-0.3, -0.25) is 13.9 Å². The van der Waals surface area contributed by atoms with Crippen molar-refractivity contribution >= 4 is 27.5 Å². The first-order valence-electron chi connectivity index (χ1n) is 10.7. The van der Waals surface area contributed by atoms with Gasteiger partial charge in [0.05, 0.1) is 10.6 Å². The summed E-state index contributed by atoms with van der Waals surface area (Å²) < 4.78 is 54.6. The van der Waals surface area contributed by atoms with Gasteiger partial charge in [0.25, 0.3) is 10.0 Å². The number of hydrogen-bond donors (Lipinski definition) is 1. The quantitative estimate of drug-likeness (QED) is 0.487. The Kier molecular flexibility index (Phi) is 8.18. The molecule has 0 spiro atoms. The second-order valence-electron chi connectivity index (χ2n) is 7.74. The first-order chi connectivity index (χ1) is 16.6. The van der Waals surface area contributed by atoms with Gasteiger partial charge in [0.1, 0.15) is 24.2 Å². The SMILES string of the molecule is CNC(=O)[C@H](C)N(Cc1ccc(F)cc1)C(=O)CN(c1ccccc1)S(=O)(=O)c1ccc(F)cc1. The number of carbonyl (C=O) groups is 2. The van der Waals surface area contributed by atoms with Crippen LogP contribution in [0.25, 0.3) is 0 Å². The van der Waals surface area contributed by atoms with E-state index in [0.717, 1.165) is 28.6 Å². The molecule has 0 saturated carbocycles. The summed E-state index contributed by atoms with van der Waals surface area (Å²) in [5.41, 5.74) is 0.780. The normalized spacial score (nSPS) is 12.0. The van der Waals surface area contributed by atoms with Crippen LogP contribution < -0.4 is 9.62 Å². The zero-order chi connectivity index (χ0) is 25.6. The van der Waals surface area contributed by atoms with Gasteiger partial charge in [-0.25, -0.2) is 17.2 Å². The van der Waals surface area contributed by atoms with E-state index in [1.807, 2.05) is 0 Å². The van der Waals surface area contributed by atoms with E-state index in [-0.39, 0.29) is 17.1 Å². The highest BCUT2D eigenvalue weighted by atomic mass is 32.2. The van der Waals surface area contributed by atoms with Gasteiger partial charge < -0.3 is 10.2 Å². The van der Waals surface area contributed by atoms with E-state index in [9.17, 15) is 26.8 Å². The maximum Gasteiger partial charge on any atom is 0.264 e. The first-order valence-corrected chi connectivity index (χ1v) is 12.2. The van der Waals surface area contributed by atoms with Crippen LogP contribution in [-0.4, -0.2) is 44.8 Å². The number of anilines is 1. The van der Waals surface area contributed by atoms with E-state index in [1.165, 1.54) is 55.3 Å². The number of nitrogens with zero attached hydrogens (tertiary/aromatic N) is 2. The number of amides is 2. The van der Waals surface area contributed by atoms with Gasteiger partial charge in [0.2, 0.25) is 11.8 Å². The summed E-state index contributed by atoms with van der Waals surface area (Å²) in [4.78, 5) is 26.9. The van der Waals surface area contributed by atoms with Crippen LogP contribution in [0.2, 0.25) is 0 Å². The van der Waals surface area contributed by atoms with Gasteiger partial charge in [0, 0.05) is 13.6 Å². The lowest BCUT2D eigenvalue weighted by Gasteiger charge is -2.31. The van der Waals surface area contributed by atoms with Crippen LogP contribution in [0, 0.1) is 11.6 Å². The summed E-state index contributed by atoms with van der Waals surface area (Å²) >= 11 is 0. The molecule has 0 aromatic heterocycles. The van der Waals surface area contributed by atoms with Crippen LogP contribution in [0.15, 0.2) is 83.8 Å². The number of likely N-dealkylation sites (N-methyl/N-ethyl adjacent to an activating group) is 1. The standard InChI is InChI=1S/C25H25F2N3O4S/c1-18(25(32)28-2)29(16-19-8-10-20(26)11-9-19)24(31)17-30(22-6-4-3-5-7-22)35(33,34)23-14-12-21(27)13-15-23/h3-15,18H,16-17H2,1-2H3,(H,28,32)/t18-/m0/s1. The van der Waals surface area contributed by atoms with Crippen molar-refractivity contribution in [3.05, 3.63) is 96.1 Å². The van der Waals surface area contributed by atoms with Crippen molar-refractivity contribution in [1.29, 1.82) is 0 Å². The lowest BCUT2D eigenvalue weighted by molar-refractivity contribution is -0.139. The third kappa shape index (κ3) is 6.21. The minimum Gasteiger partial charge on any atom is -0.357 e. The van der Waals surface area contributed by atoms with Crippen LogP contribution in [0.1, 0.15) is 12.5 Å². The molecular formula is C25H25F2N3O4S. The van der Waals surface area contributed by atoms with Crippen LogP contribution in [0.3, 0.4) is 0 Å². The number of para-hydroxylation sites is 1. The van der Waals surface area contributed by atoms with E-state index < -0.39 is 46.1 Å². The van der Waals surface area contributed by atoms with E-state index >= 15 is 0 Å². The Morgan fingerprint density at radius 3 is 1.97 bits per heavy atom. The number of rotatable bonds is 9. The molecule has 0 aliphatic heterocycles. The zero-order valence-corrected chi connectivity index (χ0v) is 20.0. The Hall–Kier alpha value is -3.79. The number of benzene rings is 3. The second kappa shape index (κ2) is 11.1. The Morgan fingerprint density at radius 1 is 0.886 bits per heavy atom. The smallest absolute Gasteiger partial charge is 0.264 e. The van der Waals surface area contributed by atoms with Gasteiger partial charge in [-0.1, -0.05) is 30.3 Å². The second-order valence-corrected chi connectivity index (χ2v) is 9.60. The Bertz CT molecular complexity index is 1270. The molecule has 0 aliphatic carbocycles. The largest absolute Gasteiger partial charge is 0.357 e. The third-order valence-corrected chi connectivity index (χ3v) is 7.19. The molecule has 7 nitrogen and oxygen atoms in total. The van der Waals surface area contributed by atoms with Crippen LogP contribution in [0.4, 0.5) is 14.5 Å². The summed E-state index contributed by atoms with van der Waals surface area (Å²) in [6.07, 6.45) is 0. The van der Waals surface area contributed by atoms with Crippen molar-refractivity contribution in [2.75, 3.05) is 17.9 Å². The molecule has 0 unspecified atom stereocenters. The van der Waals surface area contributed by atoms with Crippen molar-refractivity contribution in [3.8, 4) is 0 Å². The fraction of sp³-hybridized carbons (Fsp3) is 0.200. The molecule has 0 aliphatic rings. The Morgan fingerprint density at radius 2 is 1.43 bits per heavy atom. The number of halogens is 2. The highest BCUT2D eigenvalue weighted by Gasteiger charge is 2.32. The van der Waals surface area contributed by atoms with Crippen molar-refractivity contribution in [2.24, 2.45) is 0 Å². The third-order valence-electron chi connectivity index (χ3n) is 5.40. The topological polar surface area (TPSA) is 86.8 Å². The number of carbonyl (C=O) groups excluding carboxylic acids is 2. The van der Waals surface area contributed by atoms with Crippen molar-refractivity contribution in [1.82, 2.24) is 10.2 Å². The monoisotopic (exact) mass is 501 g/mol. The molecule has 3 aromatic carbocycles. The van der Waals surface area contributed by atoms with Crippen LogP contribution in [0.5, 0.6) is 0 Å². The number of nitrogens with one attached hydrogen (secondary N) is 1. The highest BCUT2D eigenvalue weighted by molar-refractivity contribution is 7.92. The molecule has 0 bridgehead atoms. The summed E-state index contributed by atoms with van der Waals surface area (Å²) in [6.45, 7) is 0.848. The fourth-order valence-corrected chi connectivity index (χ4v) is 4.85. The molecule has 1 atom stereocenters. The van der Waals surface area contributed by atoms with E-state index in [2.05, 4.69) is 5.32 Å². The molecule has 2 amide bonds. The zero-order valence-electron chi connectivity index (χ0n) is 19.2. The van der Waals surface area contributed by atoms with Gasteiger partial charge in [0.15, 0.2) is 0 Å². The molecule has 10 heteroatoms. The molecule has 0 saturated heterocycles. The average molecular weight is 502 g/mol. The van der Waals surface area contributed by atoms with E-state index in [0.29, 0.717) is 5.56 Å². The summed E-state index contributed by atoms with van der Waals surface area (Å²) in [7, 11) is -2.84. The molecule has 0 radical (unpaired) electrons. The summed E-state index contributed by atoms with van der Waals surface area (Å²) in [5, 5.41) is 2.48. The van der Waals surface area contributed by atoms with Crippen LogP contribution in [-0.2, 0) is 26.2 Å². The molecule has 1 N–H and O–H groups in total. The van der Waals surface area contributed by atoms with Crippen molar-refractivity contribution in [2.45, 2.75) is 24.4 Å². The van der Waals surface area contributed by atoms with E-state index in [4.69, 9.17) is 0 Å². The maximum absolute atomic E-state index is 13.5. The average Bonchev–Trinajstić information content (AvgIpc) is 2.86. The van der Waals surface area contributed by atoms with Crippen molar-refractivity contribution in [3.63, 3.8) is 0 Å². The lowest BCUT2D eigenvalue weighted by atomic mass is 10.1. The predicted octanol–water partition coefficient (Wildman–Crippen LogP) is 3.32. The minimum atomic E-state index is -4.26. The Balaban J connectivity index is 1.99. The Labute approximate surface area is 203 Å². The fourth-order valence-electron chi connectivity index (χ4n) is 3.43. The van der Waals surface area contributed by atoms with Crippen molar-refractivity contribution < 1.29 is 26.8 Å². The molecule has 3 aromatic rings. The first kappa shape index (κ1) is 25.8. The molecule has 0 fully saturated rings. The van der Waals surface area contributed by atoms with Gasteiger partial charge in [-0.05, 0) is 61.0 Å². The van der Waals surface area contributed by atoms with Gasteiger partial charge in [-0.2, -0.15) is 0 Å². The highest BCUT2D eigenvalue weighted by Crippen LogP contribution is 2.24.